The standard InChI is InChI=1S/C10H22.H3N/c1-3-5-7-9-10-8-6-4-2;/h3-10H2,1-2H3;1H3. The minimum atomic E-state index is 0. The van der Waals surface area contributed by atoms with Gasteiger partial charge in [-0.05, 0) is 0 Å². The van der Waals surface area contributed by atoms with E-state index in [1.54, 1.807) is 0 Å². The summed E-state index contributed by atoms with van der Waals surface area (Å²) in [7, 11) is 0. The predicted molar refractivity (Wildman–Crippen MR) is 53.3 cm³/mol. The van der Waals surface area contributed by atoms with E-state index in [0.717, 1.165) is 0 Å². The van der Waals surface area contributed by atoms with Gasteiger partial charge < -0.3 is 6.15 Å². The summed E-state index contributed by atoms with van der Waals surface area (Å²) in [4.78, 5) is 0. The molecule has 0 aliphatic heterocycles. The highest BCUT2D eigenvalue weighted by molar-refractivity contribution is 4.43. The Morgan fingerprint density at radius 2 is 0.818 bits per heavy atom. The molecule has 11 heavy (non-hydrogen) atoms. The number of rotatable bonds is 7. The highest BCUT2D eigenvalue weighted by Crippen LogP contribution is 2.07. The summed E-state index contributed by atoms with van der Waals surface area (Å²) in [5, 5.41) is 0. The zero-order valence-corrected chi connectivity index (χ0v) is 8.36. The van der Waals surface area contributed by atoms with Crippen LogP contribution < -0.4 is 6.15 Å². The zero-order valence-electron chi connectivity index (χ0n) is 8.36. The first-order valence-corrected chi connectivity index (χ1v) is 4.91. The summed E-state index contributed by atoms with van der Waals surface area (Å²) < 4.78 is 0. The maximum Gasteiger partial charge on any atom is -0.0533 e. The van der Waals surface area contributed by atoms with Crippen molar-refractivity contribution in [1.29, 1.82) is 0 Å². The molecule has 0 aliphatic rings. The van der Waals surface area contributed by atoms with Crippen LogP contribution in [-0.4, -0.2) is 0 Å². The van der Waals surface area contributed by atoms with E-state index in [0.29, 0.717) is 0 Å². The third-order valence-corrected chi connectivity index (χ3v) is 1.96. The van der Waals surface area contributed by atoms with Crippen molar-refractivity contribution in [2.75, 3.05) is 0 Å². The molecule has 0 unspecified atom stereocenters. The Bertz CT molecular complexity index is 44.8. The van der Waals surface area contributed by atoms with Gasteiger partial charge in [-0.3, -0.25) is 0 Å². The molecule has 0 spiro atoms. The van der Waals surface area contributed by atoms with Crippen LogP contribution in [0.2, 0.25) is 0 Å². The van der Waals surface area contributed by atoms with Gasteiger partial charge in [-0.2, -0.15) is 0 Å². The molecule has 0 saturated heterocycles. The van der Waals surface area contributed by atoms with Gasteiger partial charge in [0.1, 0.15) is 0 Å². The predicted octanol–water partition coefficient (Wildman–Crippen LogP) is 4.31. The molecule has 0 atom stereocenters. The van der Waals surface area contributed by atoms with Gasteiger partial charge in [0, 0.05) is 0 Å². The molecule has 0 heterocycles. The van der Waals surface area contributed by atoms with E-state index in [4.69, 9.17) is 0 Å². The Labute approximate surface area is 72.2 Å². The molecule has 0 aromatic carbocycles. The van der Waals surface area contributed by atoms with Crippen molar-refractivity contribution in [3.05, 3.63) is 0 Å². The lowest BCUT2D eigenvalue weighted by molar-refractivity contribution is 0.585. The number of hydrogen-bond acceptors (Lipinski definition) is 1. The summed E-state index contributed by atoms with van der Waals surface area (Å²) in [6, 6.07) is 0. The van der Waals surface area contributed by atoms with Gasteiger partial charge >= 0.3 is 0 Å². The van der Waals surface area contributed by atoms with Crippen molar-refractivity contribution in [1.82, 2.24) is 6.15 Å². The lowest BCUT2D eigenvalue weighted by Crippen LogP contribution is -1.77. The number of unbranched alkanes of at least 4 members (excludes halogenated alkanes) is 7. The summed E-state index contributed by atoms with van der Waals surface area (Å²) in [5.74, 6) is 0. The molecule has 3 N–H and O–H groups in total. The molecule has 0 rings (SSSR count). The van der Waals surface area contributed by atoms with E-state index in [-0.39, 0.29) is 6.15 Å². The SMILES string of the molecule is CCCCCCCCCC.N. The Hall–Kier alpha value is -0.0400. The smallest absolute Gasteiger partial charge is 0.0533 e. The third kappa shape index (κ3) is 13.0. The molecule has 0 saturated carbocycles. The maximum absolute atomic E-state index is 2.27. The second kappa shape index (κ2) is 12.6. The summed E-state index contributed by atoms with van der Waals surface area (Å²) >= 11 is 0. The Morgan fingerprint density at radius 3 is 1.09 bits per heavy atom. The van der Waals surface area contributed by atoms with Crippen molar-refractivity contribution in [2.24, 2.45) is 0 Å². The Kier molecular flexibility index (Phi) is 15.5. The van der Waals surface area contributed by atoms with Crippen LogP contribution in [0.1, 0.15) is 65.2 Å². The van der Waals surface area contributed by atoms with Gasteiger partial charge in [0.2, 0.25) is 0 Å². The largest absolute Gasteiger partial charge is 0.344 e. The average molecular weight is 159 g/mol. The topological polar surface area (TPSA) is 35.0 Å². The van der Waals surface area contributed by atoms with E-state index >= 15 is 0 Å². The van der Waals surface area contributed by atoms with Gasteiger partial charge in [0.25, 0.3) is 0 Å². The van der Waals surface area contributed by atoms with E-state index in [2.05, 4.69) is 13.8 Å². The van der Waals surface area contributed by atoms with Gasteiger partial charge in [0.15, 0.2) is 0 Å². The molecule has 0 radical (unpaired) electrons. The van der Waals surface area contributed by atoms with Gasteiger partial charge in [-0.15, -0.1) is 0 Å². The van der Waals surface area contributed by atoms with Crippen LogP contribution in [0, 0.1) is 0 Å². The first-order chi connectivity index (χ1) is 4.91. The van der Waals surface area contributed by atoms with E-state index in [9.17, 15) is 0 Å². The number of hydrogen-bond donors (Lipinski definition) is 1. The second-order valence-electron chi connectivity index (χ2n) is 3.12. The molecule has 70 valence electrons. The highest BCUT2D eigenvalue weighted by Gasteiger charge is 1.87. The van der Waals surface area contributed by atoms with E-state index < -0.39 is 0 Å². The highest BCUT2D eigenvalue weighted by atomic mass is 14.0. The molecular formula is C10H25N. The minimum Gasteiger partial charge on any atom is -0.344 e. The summed E-state index contributed by atoms with van der Waals surface area (Å²) in [5.41, 5.74) is 0. The fraction of sp³-hybridized carbons (Fsp3) is 1.00. The van der Waals surface area contributed by atoms with Gasteiger partial charge in [0.05, 0.1) is 0 Å². The van der Waals surface area contributed by atoms with Gasteiger partial charge in [-0.25, -0.2) is 0 Å². The summed E-state index contributed by atoms with van der Waals surface area (Å²) in [6.07, 6.45) is 11.5. The molecule has 1 nitrogen and oxygen atoms in total. The molecule has 1 heteroatoms. The van der Waals surface area contributed by atoms with Crippen LogP contribution in [0.4, 0.5) is 0 Å². The molecule has 0 fully saturated rings. The Morgan fingerprint density at radius 1 is 0.545 bits per heavy atom. The van der Waals surface area contributed by atoms with Gasteiger partial charge in [-0.1, -0.05) is 65.2 Å². The third-order valence-electron chi connectivity index (χ3n) is 1.96. The van der Waals surface area contributed by atoms with Crippen molar-refractivity contribution in [3.63, 3.8) is 0 Å². The summed E-state index contributed by atoms with van der Waals surface area (Å²) in [6.45, 7) is 4.54. The van der Waals surface area contributed by atoms with Crippen LogP contribution in [0.5, 0.6) is 0 Å². The molecule has 0 aromatic rings. The quantitative estimate of drug-likeness (QED) is 0.552. The lowest BCUT2D eigenvalue weighted by Gasteiger charge is -1.97. The zero-order chi connectivity index (χ0) is 7.66. The van der Waals surface area contributed by atoms with Crippen molar-refractivity contribution in [3.8, 4) is 0 Å². The fourth-order valence-corrected chi connectivity index (χ4v) is 1.21. The molecule has 0 amide bonds. The van der Waals surface area contributed by atoms with Crippen LogP contribution >= 0.6 is 0 Å². The second-order valence-corrected chi connectivity index (χ2v) is 3.12. The minimum absolute atomic E-state index is 0. The van der Waals surface area contributed by atoms with Crippen molar-refractivity contribution < 1.29 is 0 Å². The van der Waals surface area contributed by atoms with Crippen molar-refractivity contribution >= 4 is 0 Å². The van der Waals surface area contributed by atoms with Crippen LogP contribution in [-0.2, 0) is 0 Å². The first kappa shape index (κ1) is 13.5. The fourth-order valence-electron chi connectivity index (χ4n) is 1.21. The average Bonchev–Trinajstić information content (AvgIpc) is 1.97. The van der Waals surface area contributed by atoms with E-state index in [1.165, 1.54) is 51.4 Å². The maximum atomic E-state index is 2.27. The van der Waals surface area contributed by atoms with E-state index in [1.807, 2.05) is 0 Å². The van der Waals surface area contributed by atoms with Crippen molar-refractivity contribution in [2.45, 2.75) is 65.2 Å². The normalized spacial score (nSPS) is 9.27. The first-order valence-electron chi connectivity index (χ1n) is 4.91. The van der Waals surface area contributed by atoms with Crippen LogP contribution in [0.25, 0.3) is 0 Å². The molecule has 0 bridgehead atoms. The lowest BCUT2D eigenvalue weighted by atomic mass is 10.1. The van der Waals surface area contributed by atoms with Crippen LogP contribution in [0.15, 0.2) is 0 Å². The Balaban J connectivity index is 0. The molecular weight excluding hydrogens is 134 g/mol. The molecule has 0 aromatic heterocycles. The van der Waals surface area contributed by atoms with Crippen LogP contribution in [0.3, 0.4) is 0 Å². The molecule has 0 aliphatic carbocycles. The monoisotopic (exact) mass is 159 g/mol.